The molecule has 0 bridgehead atoms. The minimum absolute atomic E-state index is 0.0257. The van der Waals surface area contributed by atoms with Crippen molar-refractivity contribution >= 4 is 16.0 Å². The molecule has 162 valence electrons. The third kappa shape index (κ3) is 7.39. The summed E-state index contributed by atoms with van der Waals surface area (Å²) in [6.07, 6.45) is 3.44. The average molecular weight is 434 g/mol. The Kier molecular flexibility index (Phi) is 9.20. The van der Waals surface area contributed by atoms with Crippen LogP contribution in [0, 0.1) is 5.82 Å². The van der Waals surface area contributed by atoms with Gasteiger partial charge in [-0.05, 0) is 42.0 Å². The van der Waals surface area contributed by atoms with Gasteiger partial charge in [-0.25, -0.2) is 17.1 Å². The Morgan fingerprint density at radius 1 is 1.23 bits per heavy atom. The lowest BCUT2D eigenvalue weighted by Crippen LogP contribution is -2.40. The van der Waals surface area contributed by atoms with Gasteiger partial charge >= 0.3 is 5.97 Å². The van der Waals surface area contributed by atoms with E-state index in [9.17, 15) is 17.6 Å². The van der Waals surface area contributed by atoms with Crippen molar-refractivity contribution in [3.8, 4) is 0 Å². The number of carbonyl (C=O) groups excluding carboxylic acids is 1. The molecular formula is C23H28FNO4S. The minimum Gasteiger partial charge on any atom is -0.469 e. The lowest BCUT2D eigenvalue weighted by Gasteiger charge is -2.32. The van der Waals surface area contributed by atoms with Gasteiger partial charge in [-0.1, -0.05) is 48.5 Å². The van der Waals surface area contributed by atoms with Crippen LogP contribution in [-0.2, 0) is 26.0 Å². The van der Waals surface area contributed by atoms with Gasteiger partial charge in [0.1, 0.15) is 5.82 Å². The Morgan fingerprint density at radius 3 is 2.57 bits per heavy atom. The Balaban J connectivity index is 0.000000386. The van der Waals surface area contributed by atoms with Gasteiger partial charge < -0.3 is 4.74 Å². The fraction of sp³-hybridized carbons (Fsp3) is 0.348. The van der Waals surface area contributed by atoms with Crippen LogP contribution in [0.3, 0.4) is 0 Å². The van der Waals surface area contributed by atoms with Crippen LogP contribution in [0.2, 0.25) is 0 Å². The Hall–Kier alpha value is -2.51. The number of carbonyl (C=O) groups is 1. The fourth-order valence-corrected chi connectivity index (χ4v) is 4.66. The molecule has 1 aliphatic rings. The predicted molar refractivity (Wildman–Crippen MR) is 116 cm³/mol. The van der Waals surface area contributed by atoms with Gasteiger partial charge in [0.25, 0.3) is 0 Å². The summed E-state index contributed by atoms with van der Waals surface area (Å²) in [5.41, 5.74) is 1.96. The maximum Gasteiger partial charge on any atom is 0.309 e. The number of rotatable bonds is 6. The SMILES string of the molecule is C=CCS(=O)(=O)N1CCCC(c2cccc(CC(=O)OC)c2)C1.Fc1ccccc1. The molecule has 30 heavy (non-hydrogen) atoms. The van der Waals surface area contributed by atoms with Crippen LogP contribution >= 0.6 is 0 Å². The zero-order valence-corrected chi connectivity index (χ0v) is 18.0. The van der Waals surface area contributed by atoms with Gasteiger partial charge in [0, 0.05) is 13.1 Å². The second kappa shape index (κ2) is 11.6. The predicted octanol–water partition coefficient (Wildman–Crippen LogP) is 3.92. The van der Waals surface area contributed by atoms with E-state index in [1.54, 1.807) is 22.5 Å². The van der Waals surface area contributed by atoms with Crippen molar-refractivity contribution in [2.75, 3.05) is 26.0 Å². The molecule has 0 aliphatic carbocycles. The molecule has 1 heterocycles. The van der Waals surface area contributed by atoms with Crippen molar-refractivity contribution in [3.05, 3.63) is 84.2 Å². The molecule has 1 fully saturated rings. The van der Waals surface area contributed by atoms with Crippen molar-refractivity contribution < 1.29 is 22.3 Å². The second-order valence-electron chi connectivity index (χ2n) is 7.06. The van der Waals surface area contributed by atoms with Crippen LogP contribution in [0.5, 0.6) is 0 Å². The van der Waals surface area contributed by atoms with Crippen molar-refractivity contribution in [2.24, 2.45) is 0 Å². The van der Waals surface area contributed by atoms with Crippen LogP contribution in [0.4, 0.5) is 4.39 Å². The normalized spacial score (nSPS) is 16.8. The molecule has 2 aromatic carbocycles. The molecule has 7 heteroatoms. The number of hydrogen-bond donors (Lipinski definition) is 0. The first-order chi connectivity index (χ1) is 14.4. The van der Waals surface area contributed by atoms with E-state index in [0.29, 0.717) is 13.1 Å². The molecule has 2 aromatic rings. The van der Waals surface area contributed by atoms with Crippen molar-refractivity contribution in [2.45, 2.75) is 25.2 Å². The highest BCUT2D eigenvalue weighted by molar-refractivity contribution is 7.89. The summed E-state index contributed by atoms with van der Waals surface area (Å²) in [6.45, 7) is 4.56. The Morgan fingerprint density at radius 2 is 1.97 bits per heavy atom. The summed E-state index contributed by atoms with van der Waals surface area (Å²) in [4.78, 5) is 11.4. The molecule has 0 amide bonds. The molecule has 1 unspecified atom stereocenters. The fourth-order valence-electron chi connectivity index (χ4n) is 3.33. The second-order valence-corrected chi connectivity index (χ2v) is 9.07. The number of halogens is 1. The number of hydrogen-bond acceptors (Lipinski definition) is 4. The largest absolute Gasteiger partial charge is 0.469 e. The van der Waals surface area contributed by atoms with Crippen LogP contribution < -0.4 is 0 Å². The molecule has 1 atom stereocenters. The first kappa shape index (κ1) is 23.8. The zero-order chi connectivity index (χ0) is 22.0. The monoisotopic (exact) mass is 433 g/mol. The van der Waals surface area contributed by atoms with Gasteiger partial charge in [0.05, 0.1) is 19.3 Å². The highest BCUT2D eigenvalue weighted by Crippen LogP contribution is 2.29. The van der Waals surface area contributed by atoms with E-state index in [4.69, 9.17) is 4.74 Å². The number of nitrogens with zero attached hydrogens (tertiary/aromatic N) is 1. The summed E-state index contributed by atoms with van der Waals surface area (Å²) >= 11 is 0. The van der Waals surface area contributed by atoms with E-state index in [-0.39, 0.29) is 29.9 Å². The number of esters is 1. The number of sulfonamides is 1. The van der Waals surface area contributed by atoms with E-state index >= 15 is 0 Å². The molecule has 0 N–H and O–H groups in total. The third-order valence-corrected chi connectivity index (χ3v) is 6.61. The van der Waals surface area contributed by atoms with Gasteiger partial charge in [-0.2, -0.15) is 0 Å². The highest BCUT2D eigenvalue weighted by atomic mass is 32.2. The summed E-state index contributed by atoms with van der Waals surface area (Å²) in [5, 5.41) is 0. The quantitative estimate of drug-likeness (QED) is 0.512. The topological polar surface area (TPSA) is 63.7 Å². The summed E-state index contributed by atoms with van der Waals surface area (Å²) in [6, 6.07) is 15.7. The van der Waals surface area contributed by atoms with Crippen LogP contribution in [-0.4, -0.2) is 44.6 Å². The molecule has 0 spiro atoms. The molecule has 0 aromatic heterocycles. The standard InChI is InChI=1S/C17H23NO4S.C6H5F/c1-3-10-23(20,21)18-9-5-8-16(13-18)15-7-4-6-14(11-15)12-17(19)22-2;7-6-4-2-1-3-5-6/h3-4,6-7,11,16H,1,5,8-10,12-13H2,2H3;1-5H. The summed E-state index contributed by atoms with van der Waals surface area (Å²) < 4.78 is 42.6. The smallest absolute Gasteiger partial charge is 0.309 e. The maximum absolute atomic E-state index is 12.2. The van der Waals surface area contributed by atoms with Crippen LogP contribution in [0.15, 0.2) is 67.3 Å². The summed E-state index contributed by atoms with van der Waals surface area (Å²) in [5.74, 6) is -0.327. The number of methoxy groups -OCH3 is 1. The number of piperidine rings is 1. The highest BCUT2D eigenvalue weighted by Gasteiger charge is 2.28. The van der Waals surface area contributed by atoms with Crippen molar-refractivity contribution in [3.63, 3.8) is 0 Å². The molecule has 1 aliphatic heterocycles. The summed E-state index contributed by atoms with van der Waals surface area (Å²) in [7, 11) is -1.90. The first-order valence-corrected chi connectivity index (χ1v) is 11.4. The average Bonchev–Trinajstić information content (AvgIpc) is 2.75. The van der Waals surface area contributed by atoms with E-state index < -0.39 is 10.0 Å². The molecule has 1 saturated heterocycles. The van der Waals surface area contributed by atoms with Gasteiger partial charge in [-0.3, -0.25) is 4.79 Å². The van der Waals surface area contributed by atoms with E-state index in [0.717, 1.165) is 24.0 Å². The Bertz CT molecular complexity index is 931. The minimum atomic E-state index is -3.27. The zero-order valence-electron chi connectivity index (χ0n) is 17.2. The van der Waals surface area contributed by atoms with E-state index in [1.165, 1.54) is 25.3 Å². The van der Waals surface area contributed by atoms with Crippen molar-refractivity contribution in [1.29, 1.82) is 0 Å². The van der Waals surface area contributed by atoms with Gasteiger partial charge in [0.2, 0.25) is 10.0 Å². The number of benzene rings is 2. The number of ether oxygens (including phenoxy) is 1. The van der Waals surface area contributed by atoms with E-state index in [2.05, 4.69) is 6.58 Å². The van der Waals surface area contributed by atoms with Gasteiger partial charge in [0.15, 0.2) is 0 Å². The van der Waals surface area contributed by atoms with Gasteiger partial charge in [-0.15, -0.1) is 6.58 Å². The lowest BCUT2D eigenvalue weighted by molar-refractivity contribution is -0.139. The van der Waals surface area contributed by atoms with Crippen molar-refractivity contribution in [1.82, 2.24) is 4.31 Å². The Labute approximate surface area is 178 Å². The maximum atomic E-state index is 12.2. The van der Waals surface area contributed by atoms with E-state index in [1.807, 2.05) is 24.3 Å². The molecule has 5 nitrogen and oxygen atoms in total. The third-order valence-electron chi connectivity index (χ3n) is 4.84. The molecular weight excluding hydrogens is 405 g/mol. The molecule has 0 saturated carbocycles. The first-order valence-electron chi connectivity index (χ1n) is 9.80. The lowest BCUT2D eigenvalue weighted by atomic mass is 9.90. The molecule has 3 rings (SSSR count). The van der Waals surface area contributed by atoms with Crippen LogP contribution in [0.25, 0.3) is 0 Å². The van der Waals surface area contributed by atoms with Crippen LogP contribution in [0.1, 0.15) is 29.9 Å². The molecule has 0 radical (unpaired) electrons.